The highest BCUT2D eigenvalue weighted by atomic mass is 35.5. The first kappa shape index (κ1) is 13.8. The van der Waals surface area contributed by atoms with Gasteiger partial charge in [-0.2, -0.15) is 0 Å². The highest BCUT2D eigenvalue weighted by Crippen LogP contribution is 2.32. The van der Waals surface area contributed by atoms with E-state index in [1.807, 2.05) is 0 Å². The number of rotatable bonds is 3. The van der Waals surface area contributed by atoms with E-state index in [-0.39, 0.29) is 10.8 Å². The second kappa shape index (κ2) is 5.55. The van der Waals surface area contributed by atoms with Crippen LogP contribution in [0, 0.1) is 11.6 Å². The molecule has 100 valence electrons. The first-order valence-corrected chi connectivity index (χ1v) is 6.03. The molecule has 2 rings (SSSR count). The van der Waals surface area contributed by atoms with Gasteiger partial charge < -0.3 is 10.5 Å². The van der Waals surface area contributed by atoms with Crippen molar-refractivity contribution >= 4 is 11.6 Å². The summed E-state index contributed by atoms with van der Waals surface area (Å²) in [6.45, 7) is 1.69. The number of ether oxygens (including phenoxy) is 1. The lowest BCUT2D eigenvalue weighted by molar-refractivity contribution is 0.433. The molecular formula is C14H12ClF2NO. The van der Waals surface area contributed by atoms with Gasteiger partial charge in [0.25, 0.3) is 0 Å². The topological polar surface area (TPSA) is 35.2 Å². The van der Waals surface area contributed by atoms with Crippen molar-refractivity contribution in [1.29, 1.82) is 0 Å². The van der Waals surface area contributed by atoms with E-state index in [1.54, 1.807) is 13.0 Å². The standard InChI is InChI=1S/C14H12ClF2NO/c1-8(18)10-7-9(16)5-6-12(10)19-13-4-2-3-11(15)14(13)17/h2-8H,18H2,1H3/t8-/m1/s1. The van der Waals surface area contributed by atoms with E-state index in [1.165, 1.54) is 30.3 Å². The fourth-order valence-corrected chi connectivity index (χ4v) is 1.82. The van der Waals surface area contributed by atoms with Gasteiger partial charge in [0.05, 0.1) is 5.02 Å². The predicted molar refractivity (Wildman–Crippen MR) is 70.5 cm³/mol. The van der Waals surface area contributed by atoms with Gasteiger partial charge >= 0.3 is 0 Å². The zero-order chi connectivity index (χ0) is 14.0. The van der Waals surface area contributed by atoms with Crippen molar-refractivity contribution in [2.24, 2.45) is 5.73 Å². The Morgan fingerprint density at radius 3 is 2.58 bits per heavy atom. The van der Waals surface area contributed by atoms with Crippen molar-refractivity contribution in [2.45, 2.75) is 13.0 Å². The lowest BCUT2D eigenvalue weighted by atomic mass is 10.1. The van der Waals surface area contributed by atoms with E-state index in [4.69, 9.17) is 22.1 Å². The fourth-order valence-electron chi connectivity index (χ4n) is 1.65. The van der Waals surface area contributed by atoms with E-state index in [2.05, 4.69) is 0 Å². The molecular weight excluding hydrogens is 272 g/mol. The SMILES string of the molecule is C[C@@H](N)c1cc(F)ccc1Oc1cccc(Cl)c1F. The lowest BCUT2D eigenvalue weighted by Crippen LogP contribution is -2.07. The summed E-state index contributed by atoms with van der Waals surface area (Å²) in [5.74, 6) is -0.811. The Morgan fingerprint density at radius 1 is 1.16 bits per heavy atom. The van der Waals surface area contributed by atoms with Crippen LogP contribution in [0.2, 0.25) is 5.02 Å². The average molecular weight is 284 g/mol. The summed E-state index contributed by atoms with van der Waals surface area (Å²) in [5, 5.41) is -0.0399. The molecule has 1 atom stereocenters. The Labute approximate surface area is 114 Å². The Balaban J connectivity index is 2.41. The minimum atomic E-state index is -0.663. The third-order valence-corrected chi connectivity index (χ3v) is 2.89. The van der Waals surface area contributed by atoms with Crippen molar-refractivity contribution in [3.8, 4) is 11.5 Å². The first-order valence-electron chi connectivity index (χ1n) is 5.66. The molecule has 0 aliphatic heterocycles. The Bertz CT molecular complexity index is 602. The monoisotopic (exact) mass is 283 g/mol. The molecule has 0 radical (unpaired) electrons. The summed E-state index contributed by atoms with van der Waals surface area (Å²) in [7, 11) is 0. The summed E-state index contributed by atoms with van der Waals surface area (Å²) in [5.41, 5.74) is 6.20. The lowest BCUT2D eigenvalue weighted by Gasteiger charge is -2.14. The molecule has 0 bridgehead atoms. The van der Waals surface area contributed by atoms with Crippen LogP contribution in [0.4, 0.5) is 8.78 Å². The number of benzene rings is 2. The molecule has 0 unspecified atom stereocenters. The highest BCUT2D eigenvalue weighted by molar-refractivity contribution is 6.30. The number of hydrogen-bond acceptors (Lipinski definition) is 2. The molecule has 0 spiro atoms. The Morgan fingerprint density at radius 2 is 1.89 bits per heavy atom. The summed E-state index contributed by atoms with van der Waals surface area (Å²) >= 11 is 5.67. The van der Waals surface area contributed by atoms with E-state index in [0.29, 0.717) is 11.3 Å². The molecule has 0 fully saturated rings. The molecule has 2 aromatic rings. The maximum atomic E-state index is 13.7. The second-order valence-electron chi connectivity index (χ2n) is 4.12. The largest absolute Gasteiger partial charge is 0.454 e. The van der Waals surface area contributed by atoms with Crippen molar-refractivity contribution in [1.82, 2.24) is 0 Å². The van der Waals surface area contributed by atoms with Crippen molar-refractivity contribution in [3.63, 3.8) is 0 Å². The molecule has 0 saturated heterocycles. The van der Waals surface area contributed by atoms with Crippen LogP contribution in [0.15, 0.2) is 36.4 Å². The minimum Gasteiger partial charge on any atom is -0.454 e. The molecule has 2 N–H and O–H groups in total. The number of hydrogen-bond donors (Lipinski definition) is 1. The zero-order valence-electron chi connectivity index (χ0n) is 10.2. The Hall–Kier alpha value is -1.65. The molecule has 5 heteroatoms. The second-order valence-corrected chi connectivity index (χ2v) is 4.53. The smallest absolute Gasteiger partial charge is 0.184 e. The molecule has 0 heterocycles. The molecule has 0 saturated carbocycles. The third-order valence-electron chi connectivity index (χ3n) is 2.60. The first-order chi connectivity index (χ1) is 8.99. The molecule has 0 aliphatic carbocycles. The summed E-state index contributed by atoms with van der Waals surface area (Å²) in [4.78, 5) is 0. The quantitative estimate of drug-likeness (QED) is 0.904. The fraction of sp³-hybridized carbons (Fsp3) is 0.143. The number of halogens is 3. The van der Waals surface area contributed by atoms with E-state index >= 15 is 0 Å². The maximum Gasteiger partial charge on any atom is 0.184 e. The van der Waals surface area contributed by atoms with Crippen LogP contribution in [-0.2, 0) is 0 Å². The van der Waals surface area contributed by atoms with Crippen LogP contribution >= 0.6 is 11.6 Å². The van der Waals surface area contributed by atoms with Gasteiger partial charge in [-0.15, -0.1) is 0 Å². The molecule has 2 nitrogen and oxygen atoms in total. The third kappa shape index (κ3) is 3.03. The van der Waals surface area contributed by atoms with Crippen molar-refractivity contribution in [2.75, 3.05) is 0 Å². The van der Waals surface area contributed by atoms with E-state index in [9.17, 15) is 8.78 Å². The van der Waals surface area contributed by atoms with Gasteiger partial charge in [0, 0.05) is 11.6 Å². The normalized spacial score (nSPS) is 12.3. The van der Waals surface area contributed by atoms with Crippen LogP contribution in [0.3, 0.4) is 0 Å². The van der Waals surface area contributed by atoms with Crippen molar-refractivity contribution in [3.05, 3.63) is 58.6 Å². The van der Waals surface area contributed by atoms with Crippen molar-refractivity contribution < 1.29 is 13.5 Å². The van der Waals surface area contributed by atoms with Crippen LogP contribution in [-0.4, -0.2) is 0 Å². The predicted octanol–water partition coefficient (Wildman–Crippen LogP) is 4.43. The van der Waals surface area contributed by atoms with Crippen LogP contribution in [0.5, 0.6) is 11.5 Å². The van der Waals surface area contributed by atoms with Crippen LogP contribution < -0.4 is 10.5 Å². The van der Waals surface area contributed by atoms with Gasteiger partial charge in [0.1, 0.15) is 11.6 Å². The van der Waals surface area contributed by atoms with Crippen LogP contribution in [0.25, 0.3) is 0 Å². The average Bonchev–Trinajstić information content (AvgIpc) is 2.36. The van der Waals surface area contributed by atoms with Gasteiger partial charge in [-0.1, -0.05) is 17.7 Å². The minimum absolute atomic E-state index is 0.0268. The Kier molecular flexibility index (Phi) is 4.02. The van der Waals surface area contributed by atoms with Crippen LogP contribution in [0.1, 0.15) is 18.5 Å². The molecule has 19 heavy (non-hydrogen) atoms. The molecule has 0 aliphatic rings. The molecule has 0 aromatic heterocycles. The van der Waals surface area contributed by atoms with Gasteiger partial charge in [0.15, 0.2) is 11.6 Å². The van der Waals surface area contributed by atoms with E-state index in [0.717, 1.165) is 0 Å². The van der Waals surface area contributed by atoms with Gasteiger partial charge in [-0.3, -0.25) is 0 Å². The van der Waals surface area contributed by atoms with Gasteiger partial charge in [-0.05, 0) is 37.3 Å². The highest BCUT2D eigenvalue weighted by Gasteiger charge is 2.13. The van der Waals surface area contributed by atoms with Gasteiger partial charge in [0.2, 0.25) is 0 Å². The maximum absolute atomic E-state index is 13.7. The summed E-state index contributed by atoms with van der Waals surface area (Å²) in [6.07, 6.45) is 0. The van der Waals surface area contributed by atoms with Gasteiger partial charge in [-0.25, -0.2) is 8.78 Å². The molecule has 2 aromatic carbocycles. The number of nitrogens with two attached hydrogens (primary N) is 1. The zero-order valence-corrected chi connectivity index (χ0v) is 10.9. The summed E-state index contributed by atoms with van der Waals surface area (Å²) < 4.78 is 32.4. The van der Waals surface area contributed by atoms with E-state index < -0.39 is 17.7 Å². The summed E-state index contributed by atoms with van der Waals surface area (Å²) in [6, 6.07) is 7.89. The molecule has 0 amide bonds.